The predicted molar refractivity (Wildman–Crippen MR) is 164 cm³/mol. The molecule has 1 N–H and O–H groups in total. The van der Waals surface area contributed by atoms with Gasteiger partial charge in [-0.1, -0.05) is 32.9 Å². The molecule has 0 saturated heterocycles. The topological polar surface area (TPSA) is 94.1 Å². The van der Waals surface area contributed by atoms with Crippen LogP contribution in [-0.4, -0.2) is 42.0 Å². The van der Waals surface area contributed by atoms with Gasteiger partial charge >= 0.3 is 5.92 Å². The predicted octanol–water partition coefficient (Wildman–Crippen LogP) is 8.11. The number of aryl methyl sites for hydroxylation is 1. The molecule has 0 amide bonds. The number of nitrogens with one attached hydrogen (secondary N) is 1. The van der Waals surface area contributed by atoms with Gasteiger partial charge in [-0.3, -0.25) is 0 Å². The van der Waals surface area contributed by atoms with Gasteiger partial charge in [0.15, 0.2) is 23.2 Å². The molecular formula is C30H43F3N4O3SSi. The van der Waals surface area contributed by atoms with E-state index in [4.69, 9.17) is 4.43 Å². The van der Waals surface area contributed by atoms with Gasteiger partial charge in [0, 0.05) is 10.9 Å². The quantitative estimate of drug-likeness (QED) is 0.215. The van der Waals surface area contributed by atoms with Crippen molar-refractivity contribution >= 4 is 34.9 Å². The van der Waals surface area contributed by atoms with Crippen molar-refractivity contribution in [3.8, 4) is 0 Å². The molecule has 0 fully saturated rings. The zero-order valence-corrected chi connectivity index (χ0v) is 28.0. The van der Waals surface area contributed by atoms with Crippen LogP contribution >= 0.6 is 0 Å². The maximum atomic E-state index is 16.1. The molecule has 0 saturated carbocycles. The number of aromatic nitrogens is 3. The third-order valence-electron chi connectivity index (χ3n) is 8.10. The number of benzene rings is 1. The van der Waals surface area contributed by atoms with Crippen molar-refractivity contribution in [1.82, 2.24) is 15.0 Å². The number of halogens is 3. The van der Waals surface area contributed by atoms with E-state index in [0.717, 1.165) is 6.07 Å². The minimum absolute atomic E-state index is 0.00830. The number of sulfone groups is 1. The maximum absolute atomic E-state index is 16.1. The number of pyridine rings is 1. The number of hydrogen-bond donors (Lipinski definition) is 1. The van der Waals surface area contributed by atoms with Gasteiger partial charge in [0.25, 0.3) is 0 Å². The van der Waals surface area contributed by atoms with Crippen molar-refractivity contribution in [2.75, 3.05) is 5.32 Å². The molecule has 42 heavy (non-hydrogen) atoms. The lowest BCUT2D eigenvalue weighted by Gasteiger charge is -2.42. The molecule has 0 spiro atoms. The Morgan fingerprint density at radius 2 is 1.62 bits per heavy atom. The summed E-state index contributed by atoms with van der Waals surface area (Å²) < 4.78 is 79.4. The molecule has 3 rings (SSSR count). The second-order valence-corrected chi connectivity index (χ2v) is 19.6. The summed E-state index contributed by atoms with van der Waals surface area (Å²) in [4.78, 5) is 12.9. The van der Waals surface area contributed by atoms with Crippen LogP contribution in [0.2, 0.25) is 18.1 Å². The monoisotopic (exact) mass is 624 g/mol. The molecule has 7 nitrogen and oxygen atoms in total. The Bertz CT molecular complexity index is 1550. The van der Waals surface area contributed by atoms with E-state index in [0.29, 0.717) is 34.9 Å². The molecule has 0 aliphatic rings. The van der Waals surface area contributed by atoms with Crippen LogP contribution in [-0.2, 0) is 20.2 Å². The summed E-state index contributed by atoms with van der Waals surface area (Å²) in [5, 5.41) is 3.32. The van der Waals surface area contributed by atoms with E-state index < -0.39 is 51.8 Å². The second-order valence-electron chi connectivity index (χ2n) is 12.3. The molecule has 2 heterocycles. The second kappa shape index (κ2) is 11.8. The van der Waals surface area contributed by atoms with Crippen molar-refractivity contribution in [2.45, 2.75) is 115 Å². The first-order valence-corrected chi connectivity index (χ1v) is 18.3. The van der Waals surface area contributed by atoms with Crippen molar-refractivity contribution in [2.24, 2.45) is 0 Å². The highest BCUT2D eigenvalue weighted by Crippen LogP contribution is 2.46. The van der Waals surface area contributed by atoms with Crippen LogP contribution in [0.4, 0.5) is 19.0 Å². The van der Waals surface area contributed by atoms with Crippen molar-refractivity contribution in [3.05, 3.63) is 53.2 Å². The molecule has 0 bridgehead atoms. The fourth-order valence-corrected chi connectivity index (χ4v) is 9.24. The summed E-state index contributed by atoms with van der Waals surface area (Å²) in [5.41, 5.74) is -2.27. The lowest BCUT2D eigenvalue weighted by Crippen LogP contribution is -2.52. The molecule has 3 aromatic rings. The molecule has 1 aromatic carbocycles. The number of alkyl halides is 2. The van der Waals surface area contributed by atoms with Gasteiger partial charge in [-0.05, 0) is 78.7 Å². The minimum atomic E-state index is -3.78. The molecule has 232 valence electrons. The highest BCUT2D eigenvalue weighted by Gasteiger charge is 2.54. The summed E-state index contributed by atoms with van der Waals surface area (Å²) in [7, 11) is -6.22. The lowest BCUT2D eigenvalue weighted by molar-refractivity contribution is -0.161. The van der Waals surface area contributed by atoms with E-state index in [-0.39, 0.29) is 16.4 Å². The van der Waals surface area contributed by atoms with E-state index in [2.05, 4.69) is 20.3 Å². The molecule has 0 unspecified atom stereocenters. The average molecular weight is 625 g/mol. The normalized spacial score (nSPS) is 14.3. The van der Waals surface area contributed by atoms with Crippen LogP contribution in [0.3, 0.4) is 0 Å². The van der Waals surface area contributed by atoms with Crippen molar-refractivity contribution in [3.63, 3.8) is 0 Å². The Hall–Kier alpha value is -2.57. The Labute approximate surface area is 248 Å². The van der Waals surface area contributed by atoms with Gasteiger partial charge in [0.05, 0.1) is 28.1 Å². The molecule has 0 aliphatic carbocycles. The first-order chi connectivity index (χ1) is 19.3. The fraction of sp³-hybridized carbons (Fsp3) is 0.567. The highest BCUT2D eigenvalue weighted by atomic mass is 32.2. The average Bonchev–Trinajstić information content (AvgIpc) is 2.90. The molecule has 0 aliphatic heterocycles. The molecule has 0 radical (unpaired) electrons. The largest absolute Gasteiger partial charge is 0.405 e. The van der Waals surface area contributed by atoms with E-state index in [1.54, 1.807) is 34.6 Å². The Morgan fingerprint density at radius 3 is 2.17 bits per heavy atom. The minimum Gasteiger partial charge on any atom is -0.405 e. The van der Waals surface area contributed by atoms with E-state index in [1.165, 1.54) is 38.2 Å². The number of anilines is 1. The van der Waals surface area contributed by atoms with Crippen LogP contribution in [0.1, 0.15) is 85.3 Å². The number of hydrogen-bond acceptors (Lipinski definition) is 7. The number of rotatable bonds is 11. The van der Waals surface area contributed by atoms with Crippen molar-refractivity contribution < 1.29 is 26.0 Å². The first-order valence-electron chi connectivity index (χ1n) is 14.3. The van der Waals surface area contributed by atoms with Gasteiger partial charge < -0.3 is 9.74 Å². The number of nitrogens with zero attached hydrogens (tertiary/aromatic N) is 3. The molecule has 2 aromatic heterocycles. The standard InChI is InChI=1S/C30H43F3N4O3SSi/c1-11-42(12-2,13-3)40-29(9,10)30(32,33)23-16-14-15-21(26(23)31)19(4)35-27-22-17-25(41(38,39)28(6,7)8)34-18-24(22)36-20(5)37-27/h14-19H,11-13H2,1-10H3,(H,35,36,37)/t19-/m1/s1. The lowest BCUT2D eigenvalue weighted by atomic mass is 9.91. The maximum Gasteiger partial charge on any atom is 0.302 e. The molecular weight excluding hydrogens is 582 g/mol. The van der Waals surface area contributed by atoms with E-state index >= 15 is 13.2 Å². The van der Waals surface area contributed by atoms with Gasteiger partial charge in [0.1, 0.15) is 23.1 Å². The van der Waals surface area contributed by atoms with E-state index in [9.17, 15) is 8.42 Å². The Morgan fingerprint density at radius 1 is 1.02 bits per heavy atom. The van der Waals surface area contributed by atoms with Gasteiger partial charge in [-0.15, -0.1) is 0 Å². The third kappa shape index (κ3) is 6.21. The summed E-state index contributed by atoms with van der Waals surface area (Å²) in [5.74, 6) is -4.04. The van der Waals surface area contributed by atoms with Crippen LogP contribution < -0.4 is 5.32 Å². The van der Waals surface area contributed by atoms with Crippen molar-refractivity contribution in [1.29, 1.82) is 0 Å². The van der Waals surface area contributed by atoms with Gasteiger partial charge in [-0.25, -0.2) is 27.8 Å². The summed E-state index contributed by atoms with van der Waals surface area (Å²) in [6.07, 6.45) is 1.36. The van der Waals surface area contributed by atoms with Crippen LogP contribution in [0.5, 0.6) is 0 Å². The first kappa shape index (κ1) is 33.9. The van der Waals surface area contributed by atoms with Crippen LogP contribution in [0, 0.1) is 12.7 Å². The summed E-state index contributed by atoms with van der Waals surface area (Å²) >= 11 is 0. The summed E-state index contributed by atoms with van der Waals surface area (Å²) in [6.45, 7) is 16.5. The third-order valence-corrected chi connectivity index (χ3v) is 15.3. The van der Waals surface area contributed by atoms with Gasteiger partial charge in [0.2, 0.25) is 0 Å². The molecule has 12 heteroatoms. The van der Waals surface area contributed by atoms with Crippen LogP contribution in [0.15, 0.2) is 35.5 Å². The van der Waals surface area contributed by atoms with E-state index in [1.807, 2.05) is 20.8 Å². The molecule has 1 atom stereocenters. The number of fused-ring (bicyclic) bond motifs is 1. The zero-order chi connectivity index (χ0) is 31.9. The smallest absolute Gasteiger partial charge is 0.302 e. The fourth-order valence-electron chi connectivity index (χ4n) is 5.01. The SMILES string of the molecule is CC[Si](CC)(CC)OC(C)(C)C(F)(F)c1cccc([C@@H](C)Nc2nc(C)nc3cnc(S(=O)(=O)C(C)(C)C)cc23)c1F. The zero-order valence-electron chi connectivity index (χ0n) is 26.2. The van der Waals surface area contributed by atoms with Gasteiger partial charge in [-0.2, -0.15) is 8.78 Å². The Kier molecular flexibility index (Phi) is 9.56. The van der Waals surface area contributed by atoms with Crippen LogP contribution in [0.25, 0.3) is 10.9 Å². The Balaban J connectivity index is 2.06. The summed E-state index contributed by atoms with van der Waals surface area (Å²) in [6, 6.07) is 6.57. The highest BCUT2D eigenvalue weighted by molar-refractivity contribution is 7.92.